The Morgan fingerprint density at radius 1 is 1.04 bits per heavy atom. The number of ketones is 1. The number of rotatable bonds is 5. The van der Waals surface area contributed by atoms with Crippen LogP contribution in [0.15, 0.2) is 71.8 Å². The molecule has 0 fully saturated rings. The van der Waals surface area contributed by atoms with Crippen molar-refractivity contribution in [2.75, 3.05) is 5.32 Å². The molecule has 130 valence electrons. The number of carbonyl (C=O) groups excluding carboxylic acids is 2. The molecule has 3 rings (SSSR count). The van der Waals surface area contributed by atoms with Crippen molar-refractivity contribution in [1.82, 2.24) is 9.55 Å². The molecule has 0 aliphatic carbocycles. The van der Waals surface area contributed by atoms with Crippen LogP contribution in [0.2, 0.25) is 0 Å². The second-order valence-corrected chi connectivity index (χ2v) is 5.79. The molecule has 0 bridgehead atoms. The SMILES string of the molecule is CC(=O)c1ccc(NC(=O)Cn2cnc(-c3ccccc3)cc2=O)cc1. The van der Waals surface area contributed by atoms with Gasteiger partial charge >= 0.3 is 0 Å². The second-order valence-electron chi connectivity index (χ2n) is 5.79. The van der Waals surface area contributed by atoms with Crippen molar-refractivity contribution in [3.05, 3.63) is 82.9 Å². The lowest BCUT2D eigenvalue weighted by Gasteiger charge is -2.08. The summed E-state index contributed by atoms with van der Waals surface area (Å²) in [6, 6.07) is 17.3. The Kier molecular flexibility index (Phi) is 5.03. The predicted molar refractivity (Wildman–Crippen MR) is 99.0 cm³/mol. The van der Waals surface area contributed by atoms with E-state index in [0.717, 1.165) is 5.56 Å². The van der Waals surface area contributed by atoms with E-state index in [0.29, 0.717) is 16.9 Å². The molecule has 1 amide bonds. The number of hydrogen-bond donors (Lipinski definition) is 1. The third-order valence-corrected chi connectivity index (χ3v) is 3.84. The summed E-state index contributed by atoms with van der Waals surface area (Å²) in [5.74, 6) is -0.393. The summed E-state index contributed by atoms with van der Waals surface area (Å²) < 4.78 is 1.24. The van der Waals surface area contributed by atoms with Crippen LogP contribution >= 0.6 is 0 Å². The minimum atomic E-state index is -0.350. The molecule has 26 heavy (non-hydrogen) atoms. The maximum absolute atomic E-state index is 12.2. The molecule has 0 unspecified atom stereocenters. The van der Waals surface area contributed by atoms with Crippen LogP contribution in [0.5, 0.6) is 0 Å². The van der Waals surface area contributed by atoms with Gasteiger partial charge in [0.15, 0.2) is 5.78 Å². The molecule has 2 aromatic carbocycles. The third-order valence-electron chi connectivity index (χ3n) is 3.84. The fourth-order valence-corrected chi connectivity index (χ4v) is 2.45. The number of nitrogens with one attached hydrogen (secondary N) is 1. The Labute approximate surface area is 150 Å². The lowest BCUT2D eigenvalue weighted by atomic mass is 10.1. The third kappa shape index (κ3) is 4.10. The van der Waals surface area contributed by atoms with Gasteiger partial charge in [-0.05, 0) is 31.2 Å². The van der Waals surface area contributed by atoms with Gasteiger partial charge in [-0.25, -0.2) is 4.98 Å². The first-order valence-electron chi connectivity index (χ1n) is 8.06. The summed E-state index contributed by atoms with van der Waals surface area (Å²) in [7, 11) is 0. The van der Waals surface area contributed by atoms with Crippen molar-refractivity contribution in [3.63, 3.8) is 0 Å². The zero-order valence-corrected chi connectivity index (χ0v) is 14.2. The van der Waals surface area contributed by atoms with Crippen LogP contribution in [-0.4, -0.2) is 21.2 Å². The van der Waals surface area contributed by atoms with E-state index in [1.54, 1.807) is 24.3 Å². The minimum absolute atomic E-state index is 0.0426. The Morgan fingerprint density at radius 2 is 1.73 bits per heavy atom. The van der Waals surface area contributed by atoms with Gasteiger partial charge < -0.3 is 5.32 Å². The van der Waals surface area contributed by atoms with Gasteiger partial charge in [-0.1, -0.05) is 30.3 Å². The van der Waals surface area contributed by atoms with Crippen molar-refractivity contribution in [2.45, 2.75) is 13.5 Å². The molecular formula is C20H17N3O3. The smallest absolute Gasteiger partial charge is 0.254 e. The van der Waals surface area contributed by atoms with Crippen LogP contribution in [0.25, 0.3) is 11.3 Å². The molecule has 1 N–H and O–H groups in total. The average molecular weight is 347 g/mol. The van der Waals surface area contributed by atoms with Crippen LogP contribution in [0, 0.1) is 0 Å². The fraction of sp³-hybridized carbons (Fsp3) is 0.100. The molecule has 1 aromatic heterocycles. The minimum Gasteiger partial charge on any atom is -0.325 e. The topological polar surface area (TPSA) is 81.1 Å². The maximum atomic E-state index is 12.2. The standard InChI is InChI=1S/C20H17N3O3/c1-14(24)15-7-9-17(10-8-15)22-19(25)12-23-13-21-18(11-20(23)26)16-5-3-2-4-6-16/h2-11,13H,12H2,1H3,(H,22,25). The molecule has 6 nitrogen and oxygen atoms in total. The van der Waals surface area contributed by atoms with Gasteiger partial charge in [-0.3, -0.25) is 19.0 Å². The number of hydrogen-bond acceptors (Lipinski definition) is 4. The first kappa shape index (κ1) is 17.3. The van der Waals surface area contributed by atoms with E-state index >= 15 is 0 Å². The van der Waals surface area contributed by atoms with Crippen molar-refractivity contribution < 1.29 is 9.59 Å². The Morgan fingerprint density at radius 3 is 2.35 bits per heavy atom. The zero-order chi connectivity index (χ0) is 18.5. The van der Waals surface area contributed by atoms with E-state index in [-0.39, 0.29) is 23.8 Å². The van der Waals surface area contributed by atoms with Gasteiger partial charge in [0.05, 0.1) is 12.0 Å². The summed E-state index contributed by atoms with van der Waals surface area (Å²) in [6.45, 7) is 1.33. The molecule has 1 heterocycles. The van der Waals surface area contributed by atoms with Crippen molar-refractivity contribution in [1.29, 1.82) is 0 Å². The first-order chi connectivity index (χ1) is 12.5. The van der Waals surface area contributed by atoms with Gasteiger partial charge in [0.2, 0.25) is 5.91 Å². The van der Waals surface area contributed by atoms with Gasteiger partial charge in [0.1, 0.15) is 6.54 Å². The molecule has 3 aromatic rings. The number of amides is 1. The Balaban J connectivity index is 1.69. The number of nitrogens with zero attached hydrogens (tertiary/aromatic N) is 2. The van der Waals surface area contributed by atoms with Crippen LogP contribution in [0.1, 0.15) is 17.3 Å². The number of benzene rings is 2. The van der Waals surface area contributed by atoms with Gasteiger partial charge in [-0.2, -0.15) is 0 Å². The molecule has 0 atom stereocenters. The highest BCUT2D eigenvalue weighted by Crippen LogP contribution is 2.13. The van der Waals surface area contributed by atoms with E-state index < -0.39 is 0 Å². The number of aromatic nitrogens is 2. The summed E-state index contributed by atoms with van der Waals surface area (Å²) >= 11 is 0. The number of Topliss-reactive ketones (excluding diaryl/α,β-unsaturated/α-hetero) is 1. The lowest BCUT2D eigenvalue weighted by Crippen LogP contribution is -2.27. The molecular weight excluding hydrogens is 330 g/mol. The van der Waals surface area contributed by atoms with Crippen LogP contribution in [0.4, 0.5) is 5.69 Å². The first-order valence-corrected chi connectivity index (χ1v) is 8.06. The quantitative estimate of drug-likeness (QED) is 0.720. The van der Waals surface area contributed by atoms with Crippen LogP contribution < -0.4 is 10.9 Å². The molecule has 0 saturated heterocycles. The van der Waals surface area contributed by atoms with E-state index in [1.807, 2.05) is 30.3 Å². The van der Waals surface area contributed by atoms with Crippen molar-refractivity contribution >= 4 is 17.4 Å². The number of anilines is 1. The molecule has 0 radical (unpaired) electrons. The molecule has 0 aliphatic rings. The largest absolute Gasteiger partial charge is 0.325 e. The highest BCUT2D eigenvalue weighted by molar-refractivity contribution is 5.95. The summed E-state index contributed by atoms with van der Waals surface area (Å²) in [5.41, 5.74) is 2.22. The molecule has 6 heteroatoms. The molecule has 0 spiro atoms. The van der Waals surface area contributed by atoms with E-state index in [2.05, 4.69) is 10.3 Å². The van der Waals surface area contributed by atoms with E-state index in [9.17, 15) is 14.4 Å². The average Bonchev–Trinajstić information content (AvgIpc) is 2.64. The van der Waals surface area contributed by atoms with Gasteiger partial charge in [-0.15, -0.1) is 0 Å². The Bertz CT molecular complexity index is 993. The maximum Gasteiger partial charge on any atom is 0.254 e. The summed E-state index contributed by atoms with van der Waals surface area (Å²) in [4.78, 5) is 39.9. The zero-order valence-electron chi connectivity index (χ0n) is 14.2. The summed E-state index contributed by atoms with van der Waals surface area (Å²) in [6.07, 6.45) is 1.36. The summed E-state index contributed by atoms with van der Waals surface area (Å²) in [5, 5.41) is 2.69. The highest BCUT2D eigenvalue weighted by Gasteiger charge is 2.08. The van der Waals surface area contributed by atoms with E-state index in [1.165, 1.54) is 23.9 Å². The fourth-order valence-electron chi connectivity index (χ4n) is 2.45. The second kappa shape index (κ2) is 7.57. The van der Waals surface area contributed by atoms with Crippen molar-refractivity contribution in [3.8, 4) is 11.3 Å². The predicted octanol–water partition coefficient (Wildman–Crippen LogP) is 2.75. The van der Waals surface area contributed by atoms with Crippen LogP contribution in [0.3, 0.4) is 0 Å². The molecule has 0 aliphatic heterocycles. The van der Waals surface area contributed by atoms with E-state index in [4.69, 9.17) is 0 Å². The molecule has 0 saturated carbocycles. The number of carbonyl (C=O) groups is 2. The van der Waals surface area contributed by atoms with Gasteiger partial charge in [0, 0.05) is 22.9 Å². The van der Waals surface area contributed by atoms with Crippen molar-refractivity contribution in [2.24, 2.45) is 0 Å². The monoisotopic (exact) mass is 347 g/mol. The normalized spacial score (nSPS) is 10.3. The Hall–Kier alpha value is -3.54. The van der Waals surface area contributed by atoms with Crippen LogP contribution in [-0.2, 0) is 11.3 Å². The van der Waals surface area contributed by atoms with Gasteiger partial charge in [0.25, 0.3) is 5.56 Å². The lowest BCUT2D eigenvalue weighted by molar-refractivity contribution is -0.116. The highest BCUT2D eigenvalue weighted by atomic mass is 16.2.